The highest BCUT2D eigenvalue weighted by atomic mass is 16.6. The van der Waals surface area contributed by atoms with Crippen LogP contribution in [0.2, 0.25) is 0 Å². The van der Waals surface area contributed by atoms with E-state index in [2.05, 4.69) is 16.0 Å². The molecule has 0 aliphatic carbocycles. The van der Waals surface area contributed by atoms with Crippen LogP contribution in [0.25, 0.3) is 0 Å². The van der Waals surface area contributed by atoms with Crippen molar-refractivity contribution in [2.45, 2.75) is 71.2 Å². The summed E-state index contributed by atoms with van der Waals surface area (Å²) in [6, 6.07) is 4.86. The highest BCUT2D eigenvalue weighted by molar-refractivity contribution is 6.06. The topological polar surface area (TPSA) is 134 Å². The molecule has 2 aliphatic rings. The third-order valence-electron chi connectivity index (χ3n) is 5.40. The van der Waals surface area contributed by atoms with Crippen molar-refractivity contribution in [2.24, 2.45) is 0 Å². The summed E-state index contributed by atoms with van der Waals surface area (Å²) in [5.74, 6) is -1.53. The Labute approximate surface area is 192 Å². The van der Waals surface area contributed by atoms with E-state index in [0.29, 0.717) is 31.5 Å². The number of ether oxygens (including phenoxy) is 1. The maximum absolute atomic E-state index is 12.7. The number of carbonyl (C=O) groups is 5. The minimum atomic E-state index is -0.600. The van der Waals surface area contributed by atoms with Gasteiger partial charge in [0, 0.05) is 38.0 Å². The number of hydrogen-bond acceptors (Lipinski definition) is 7. The van der Waals surface area contributed by atoms with Gasteiger partial charge in [-0.25, -0.2) is 4.79 Å². The molecule has 10 heteroatoms. The Kier molecular flexibility index (Phi) is 7.47. The van der Waals surface area contributed by atoms with E-state index in [0.717, 1.165) is 11.1 Å². The van der Waals surface area contributed by atoms with Crippen LogP contribution in [0.4, 0.5) is 4.79 Å². The van der Waals surface area contributed by atoms with Crippen molar-refractivity contribution >= 4 is 29.7 Å². The molecule has 0 radical (unpaired) electrons. The first-order chi connectivity index (χ1) is 15.5. The minimum absolute atomic E-state index is 0.0684. The van der Waals surface area contributed by atoms with Crippen molar-refractivity contribution in [1.82, 2.24) is 20.9 Å². The van der Waals surface area contributed by atoms with Crippen molar-refractivity contribution in [1.29, 1.82) is 0 Å². The lowest BCUT2D eigenvalue weighted by Crippen LogP contribution is -2.50. The van der Waals surface area contributed by atoms with Crippen LogP contribution >= 0.6 is 0 Å². The molecule has 3 N–H and O–H groups in total. The summed E-state index contributed by atoms with van der Waals surface area (Å²) in [6.07, 6.45) is 0.594. The zero-order valence-electron chi connectivity index (χ0n) is 19.2. The molecule has 0 bridgehead atoms. The Balaban J connectivity index is 1.50. The standard InChI is InChI=1S/C23H30N4O6/c1-23(2,3)33-22(32)24-11-5-8-18(28)25-20(30)15-7-4-6-14-12-27(13-16(14)15)17-9-10-19(29)26-21(17)31/h4,6-7,17H,5,8-13H2,1-3H3,(H,24,32)(H,25,28,30)(H,26,29,31). The van der Waals surface area contributed by atoms with Gasteiger partial charge in [-0.15, -0.1) is 0 Å². The van der Waals surface area contributed by atoms with Gasteiger partial charge in [0.15, 0.2) is 0 Å². The van der Waals surface area contributed by atoms with Crippen LogP contribution in [0.3, 0.4) is 0 Å². The molecule has 10 nitrogen and oxygen atoms in total. The first kappa shape index (κ1) is 24.4. The molecule has 1 unspecified atom stereocenters. The molecular formula is C23H30N4O6. The van der Waals surface area contributed by atoms with E-state index >= 15 is 0 Å². The van der Waals surface area contributed by atoms with Gasteiger partial charge >= 0.3 is 6.09 Å². The fraction of sp³-hybridized carbons (Fsp3) is 0.522. The maximum Gasteiger partial charge on any atom is 0.407 e. The van der Waals surface area contributed by atoms with E-state index in [1.807, 2.05) is 11.0 Å². The van der Waals surface area contributed by atoms with E-state index in [1.54, 1.807) is 32.9 Å². The number of imide groups is 2. The summed E-state index contributed by atoms with van der Waals surface area (Å²) in [5, 5.41) is 7.33. The minimum Gasteiger partial charge on any atom is -0.444 e. The van der Waals surface area contributed by atoms with Gasteiger partial charge in [-0.3, -0.25) is 34.7 Å². The number of piperidine rings is 1. The molecule has 33 heavy (non-hydrogen) atoms. The van der Waals surface area contributed by atoms with Crippen LogP contribution in [-0.2, 0) is 32.2 Å². The zero-order chi connectivity index (χ0) is 24.2. The normalized spacial score (nSPS) is 18.3. The second kappa shape index (κ2) is 10.1. The SMILES string of the molecule is CC(C)(C)OC(=O)NCCCC(=O)NC(=O)c1cccc2c1CN(C1CCC(=O)NC1=O)C2. The van der Waals surface area contributed by atoms with Gasteiger partial charge in [-0.05, 0) is 50.8 Å². The summed E-state index contributed by atoms with van der Waals surface area (Å²) in [5.41, 5.74) is 1.49. The average Bonchev–Trinajstić information content (AvgIpc) is 3.13. The van der Waals surface area contributed by atoms with Crippen LogP contribution in [0.1, 0.15) is 67.9 Å². The summed E-state index contributed by atoms with van der Waals surface area (Å²) >= 11 is 0. The largest absolute Gasteiger partial charge is 0.444 e. The van der Waals surface area contributed by atoms with Gasteiger partial charge in [0.25, 0.3) is 5.91 Å². The van der Waals surface area contributed by atoms with Gasteiger partial charge in [-0.2, -0.15) is 0 Å². The molecule has 0 spiro atoms. The number of hydrogen-bond donors (Lipinski definition) is 3. The van der Waals surface area contributed by atoms with Crippen molar-refractivity contribution in [3.05, 3.63) is 34.9 Å². The average molecular weight is 459 g/mol. The van der Waals surface area contributed by atoms with Gasteiger partial charge in [0.1, 0.15) is 5.60 Å². The number of nitrogens with one attached hydrogen (secondary N) is 3. The second-order valence-electron chi connectivity index (χ2n) is 9.22. The first-order valence-electron chi connectivity index (χ1n) is 11.0. The smallest absolute Gasteiger partial charge is 0.407 e. The van der Waals surface area contributed by atoms with E-state index in [4.69, 9.17) is 4.74 Å². The van der Waals surface area contributed by atoms with Gasteiger partial charge in [0.05, 0.1) is 6.04 Å². The molecule has 3 rings (SSSR count). The molecule has 1 aromatic rings. The van der Waals surface area contributed by atoms with E-state index in [9.17, 15) is 24.0 Å². The highest BCUT2D eigenvalue weighted by Gasteiger charge is 2.36. The molecule has 2 heterocycles. The highest BCUT2D eigenvalue weighted by Crippen LogP contribution is 2.29. The fourth-order valence-electron chi connectivity index (χ4n) is 3.92. The molecule has 1 fully saturated rings. The Bertz CT molecular complexity index is 968. The Morgan fingerprint density at radius 1 is 1.18 bits per heavy atom. The Morgan fingerprint density at radius 2 is 1.94 bits per heavy atom. The lowest BCUT2D eigenvalue weighted by atomic mass is 10.0. The predicted molar refractivity (Wildman–Crippen MR) is 118 cm³/mol. The van der Waals surface area contributed by atoms with Crippen molar-refractivity contribution in [3.8, 4) is 0 Å². The van der Waals surface area contributed by atoms with Crippen molar-refractivity contribution < 1.29 is 28.7 Å². The number of benzene rings is 1. The molecule has 1 saturated heterocycles. The maximum atomic E-state index is 12.7. The molecule has 1 atom stereocenters. The third kappa shape index (κ3) is 6.61. The number of fused-ring (bicyclic) bond motifs is 1. The molecule has 5 amide bonds. The summed E-state index contributed by atoms with van der Waals surface area (Å²) in [7, 11) is 0. The Hall–Kier alpha value is -3.27. The molecule has 0 aromatic heterocycles. The van der Waals surface area contributed by atoms with Crippen LogP contribution in [0, 0.1) is 0 Å². The first-order valence-corrected chi connectivity index (χ1v) is 11.0. The van der Waals surface area contributed by atoms with E-state index < -0.39 is 29.6 Å². The zero-order valence-corrected chi connectivity index (χ0v) is 19.2. The predicted octanol–water partition coefficient (Wildman–Crippen LogP) is 1.37. The molecule has 178 valence electrons. The summed E-state index contributed by atoms with van der Waals surface area (Å²) in [4.78, 5) is 62.1. The molecule has 2 aliphatic heterocycles. The van der Waals surface area contributed by atoms with Crippen LogP contribution < -0.4 is 16.0 Å². The van der Waals surface area contributed by atoms with Crippen LogP contribution in [-0.4, -0.2) is 52.8 Å². The van der Waals surface area contributed by atoms with Crippen molar-refractivity contribution in [2.75, 3.05) is 6.54 Å². The van der Waals surface area contributed by atoms with E-state index in [-0.39, 0.29) is 31.2 Å². The number of nitrogens with zero attached hydrogens (tertiary/aromatic N) is 1. The van der Waals surface area contributed by atoms with Gasteiger partial charge in [0.2, 0.25) is 17.7 Å². The van der Waals surface area contributed by atoms with Gasteiger partial charge in [-0.1, -0.05) is 12.1 Å². The van der Waals surface area contributed by atoms with Crippen LogP contribution in [0.15, 0.2) is 18.2 Å². The molecule has 1 aromatic carbocycles. The van der Waals surface area contributed by atoms with Gasteiger partial charge < -0.3 is 10.1 Å². The fourth-order valence-corrected chi connectivity index (χ4v) is 3.92. The van der Waals surface area contributed by atoms with E-state index in [1.165, 1.54) is 0 Å². The monoisotopic (exact) mass is 458 g/mol. The molecule has 0 saturated carbocycles. The Morgan fingerprint density at radius 3 is 2.64 bits per heavy atom. The summed E-state index contributed by atoms with van der Waals surface area (Å²) in [6.45, 7) is 6.41. The second-order valence-corrected chi connectivity index (χ2v) is 9.22. The molecular weight excluding hydrogens is 428 g/mol. The number of rotatable bonds is 6. The number of carbonyl (C=O) groups excluding carboxylic acids is 5. The quantitative estimate of drug-likeness (QED) is 0.433. The lowest BCUT2D eigenvalue weighted by Gasteiger charge is -2.29. The lowest BCUT2D eigenvalue weighted by molar-refractivity contribution is -0.137. The van der Waals surface area contributed by atoms with Crippen molar-refractivity contribution in [3.63, 3.8) is 0 Å². The number of alkyl carbamates (subject to hydrolysis) is 1. The van der Waals surface area contributed by atoms with Crippen LogP contribution in [0.5, 0.6) is 0 Å². The number of amides is 5. The third-order valence-corrected chi connectivity index (χ3v) is 5.40. The summed E-state index contributed by atoms with van der Waals surface area (Å²) < 4.78 is 5.12.